The van der Waals surface area contributed by atoms with Gasteiger partial charge in [0.1, 0.15) is 5.56 Å². The zero-order valence-corrected chi connectivity index (χ0v) is 16.3. The first-order valence-electron chi connectivity index (χ1n) is 9.37. The lowest BCUT2D eigenvalue weighted by Gasteiger charge is -2.12. The van der Waals surface area contributed by atoms with Gasteiger partial charge in [-0.2, -0.15) is 0 Å². The molecule has 2 N–H and O–H groups in total. The molecule has 0 aliphatic heterocycles. The molecule has 2 amide bonds. The molecule has 1 aliphatic rings. The first-order valence-corrected chi connectivity index (χ1v) is 9.37. The van der Waals surface area contributed by atoms with E-state index in [4.69, 9.17) is 4.74 Å². The maximum Gasteiger partial charge on any atom is 0.263 e. The van der Waals surface area contributed by atoms with Gasteiger partial charge in [0.15, 0.2) is 0 Å². The second kappa shape index (κ2) is 8.39. The van der Waals surface area contributed by atoms with E-state index in [9.17, 15) is 14.4 Å². The summed E-state index contributed by atoms with van der Waals surface area (Å²) in [5.41, 5.74) is 1.77. The molecule has 0 radical (unpaired) electrons. The van der Waals surface area contributed by atoms with Crippen molar-refractivity contribution < 1.29 is 14.3 Å². The molecule has 0 saturated heterocycles. The first kappa shape index (κ1) is 19.8. The van der Waals surface area contributed by atoms with Gasteiger partial charge in [-0.15, -0.1) is 0 Å². The number of nitrogens with zero attached hydrogens (tertiary/aromatic N) is 1. The van der Waals surface area contributed by atoms with Crippen molar-refractivity contribution in [2.45, 2.75) is 39.0 Å². The molecule has 0 spiro atoms. The zero-order chi connectivity index (χ0) is 20.3. The molecule has 0 bridgehead atoms. The summed E-state index contributed by atoms with van der Waals surface area (Å²) in [6.45, 7) is 4.75. The largest absolute Gasteiger partial charge is 0.376 e. The lowest BCUT2D eigenvalue weighted by atomic mass is 10.1. The van der Waals surface area contributed by atoms with E-state index in [1.165, 1.54) is 23.9 Å². The van der Waals surface area contributed by atoms with Crippen LogP contribution in [0.15, 0.2) is 41.3 Å². The Morgan fingerprint density at radius 1 is 1.25 bits per heavy atom. The molecular weight excluding hydrogens is 358 g/mol. The van der Waals surface area contributed by atoms with E-state index >= 15 is 0 Å². The van der Waals surface area contributed by atoms with Gasteiger partial charge in [0.2, 0.25) is 0 Å². The number of amides is 2. The lowest BCUT2D eigenvalue weighted by Crippen LogP contribution is -2.35. The van der Waals surface area contributed by atoms with Gasteiger partial charge < -0.3 is 19.9 Å². The number of aromatic nitrogens is 1. The number of carbonyl (C=O) groups excluding carboxylic acids is 2. The summed E-state index contributed by atoms with van der Waals surface area (Å²) in [7, 11) is 1.45. The zero-order valence-electron chi connectivity index (χ0n) is 16.3. The Balaban J connectivity index is 1.90. The molecule has 1 aromatic carbocycles. The Bertz CT molecular complexity index is 951. The van der Waals surface area contributed by atoms with E-state index in [-0.39, 0.29) is 35.7 Å². The van der Waals surface area contributed by atoms with Crippen molar-refractivity contribution in [2.24, 2.45) is 0 Å². The molecule has 0 unspecified atom stereocenters. The molecule has 28 heavy (non-hydrogen) atoms. The van der Waals surface area contributed by atoms with Crippen molar-refractivity contribution in [1.29, 1.82) is 0 Å². The van der Waals surface area contributed by atoms with Crippen LogP contribution in [0.25, 0.3) is 0 Å². The summed E-state index contributed by atoms with van der Waals surface area (Å²) in [5.74, 6) is -0.841. The van der Waals surface area contributed by atoms with Crippen LogP contribution in [0.3, 0.4) is 0 Å². The maximum atomic E-state index is 12.8. The molecule has 7 heteroatoms. The van der Waals surface area contributed by atoms with Crippen molar-refractivity contribution in [1.82, 2.24) is 15.2 Å². The van der Waals surface area contributed by atoms with Gasteiger partial charge in [0, 0.05) is 19.9 Å². The van der Waals surface area contributed by atoms with Crippen LogP contribution in [-0.4, -0.2) is 42.2 Å². The van der Waals surface area contributed by atoms with E-state index in [1.807, 2.05) is 38.1 Å². The molecule has 1 saturated carbocycles. The Morgan fingerprint density at radius 2 is 2.04 bits per heavy atom. The molecule has 7 nitrogen and oxygen atoms in total. The van der Waals surface area contributed by atoms with E-state index in [1.54, 1.807) is 0 Å². The van der Waals surface area contributed by atoms with E-state index in [0.717, 1.165) is 17.5 Å². The number of aryl methyl sites for hydroxylation is 1. The lowest BCUT2D eigenvalue weighted by molar-refractivity contribution is 0.0914. The molecule has 2 atom stereocenters. The normalized spacial score (nSPS) is 17.8. The highest BCUT2D eigenvalue weighted by molar-refractivity contribution is 5.99. The fourth-order valence-corrected chi connectivity index (χ4v) is 3.16. The van der Waals surface area contributed by atoms with Crippen LogP contribution >= 0.6 is 0 Å². The minimum atomic E-state index is -0.517. The van der Waals surface area contributed by atoms with Crippen molar-refractivity contribution in [2.75, 3.05) is 13.7 Å². The predicted molar refractivity (Wildman–Crippen MR) is 106 cm³/mol. The number of hydrogen-bond donors (Lipinski definition) is 2. The third-order valence-electron chi connectivity index (χ3n) is 4.68. The molecule has 2 aromatic rings. The van der Waals surface area contributed by atoms with Crippen LogP contribution in [0.1, 0.15) is 45.2 Å². The number of rotatable bonds is 7. The predicted octanol–water partition coefficient (Wildman–Crippen LogP) is 1.47. The quantitative estimate of drug-likeness (QED) is 0.758. The SMILES string of the molecule is CCO[C@@H]1C[C@H]1NC(=O)c1cc(C(=O)NC)c(=O)n(Cc2cccc(C)c2)c1. The average Bonchev–Trinajstić information content (AvgIpc) is 3.40. The molecule has 1 aliphatic carbocycles. The summed E-state index contributed by atoms with van der Waals surface area (Å²) >= 11 is 0. The number of pyridine rings is 1. The standard InChI is InChI=1S/C21H25N3O4/c1-4-28-18-10-17(18)23-19(25)15-9-16(20(26)22-3)21(27)24(12-15)11-14-7-5-6-13(2)8-14/h5-9,12,17-18H,4,10-11H2,1-3H3,(H,22,26)(H,23,25)/t17-,18-/m1/s1. The topological polar surface area (TPSA) is 89.4 Å². The number of carbonyl (C=O) groups is 2. The van der Waals surface area contributed by atoms with Crippen LogP contribution < -0.4 is 16.2 Å². The van der Waals surface area contributed by atoms with Crippen LogP contribution in [0.5, 0.6) is 0 Å². The van der Waals surface area contributed by atoms with Crippen molar-refractivity contribution in [3.8, 4) is 0 Å². The third kappa shape index (κ3) is 4.48. The second-order valence-corrected chi connectivity index (χ2v) is 6.95. The monoisotopic (exact) mass is 383 g/mol. The van der Waals surface area contributed by atoms with Gasteiger partial charge in [-0.25, -0.2) is 0 Å². The number of nitrogens with one attached hydrogen (secondary N) is 2. The molecule has 1 aromatic heterocycles. The maximum absolute atomic E-state index is 12.8. The summed E-state index contributed by atoms with van der Waals surface area (Å²) < 4.78 is 6.88. The Hall–Kier alpha value is -2.93. The second-order valence-electron chi connectivity index (χ2n) is 6.95. The van der Waals surface area contributed by atoms with E-state index in [0.29, 0.717) is 6.61 Å². The highest BCUT2D eigenvalue weighted by atomic mass is 16.5. The average molecular weight is 383 g/mol. The number of ether oxygens (including phenoxy) is 1. The van der Waals surface area contributed by atoms with Gasteiger partial charge >= 0.3 is 0 Å². The van der Waals surface area contributed by atoms with Crippen LogP contribution in [0, 0.1) is 6.92 Å². The Morgan fingerprint density at radius 3 is 2.71 bits per heavy atom. The van der Waals surface area contributed by atoms with Crippen LogP contribution in [-0.2, 0) is 11.3 Å². The summed E-state index contributed by atoms with van der Waals surface area (Å²) in [4.78, 5) is 37.6. The van der Waals surface area contributed by atoms with Gasteiger partial charge in [-0.3, -0.25) is 14.4 Å². The minimum Gasteiger partial charge on any atom is -0.376 e. The smallest absolute Gasteiger partial charge is 0.263 e. The summed E-state index contributed by atoms with van der Waals surface area (Å²) in [6.07, 6.45) is 2.31. The van der Waals surface area contributed by atoms with E-state index < -0.39 is 11.5 Å². The number of hydrogen-bond acceptors (Lipinski definition) is 4. The molecule has 1 heterocycles. The molecule has 3 rings (SSSR count). The van der Waals surface area contributed by atoms with Crippen LogP contribution in [0.2, 0.25) is 0 Å². The van der Waals surface area contributed by atoms with Gasteiger partial charge in [-0.1, -0.05) is 29.8 Å². The first-order chi connectivity index (χ1) is 13.4. The van der Waals surface area contributed by atoms with Crippen LogP contribution in [0.4, 0.5) is 0 Å². The van der Waals surface area contributed by atoms with Crippen molar-refractivity contribution in [3.63, 3.8) is 0 Å². The fourth-order valence-electron chi connectivity index (χ4n) is 3.16. The Kier molecular flexibility index (Phi) is 5.94. The molecular formula is C21H25N3O4. The van der Waals surface area contributed by atoms with Gasteiger partial charge in [0.05, 0.1) is 24.3 Å². The van der Waals surface area contributed by atoms with Gasteiger partial charge in [-0.05, 0) is 31.9 Å². The molecule has 148 valence electrons. The highest BCUT2D eigenvalue weighted by Crippen LogP contribution is 2.25. The fraction of sp³-hybridized carbons (Fsp3) is 0.381. The highest BCUT2D eigenvalue weighted by Gasteiger charge is 2.39. The molecule has 1 fully saturated rings. The summed E-state index contributed by atoms with van der Waals surface area (Å²) in [5, 5.41) is 5.36. The minimum absolute atomic E-state index is 0.0329. The van der Waals surface area contributed by atoms with Gasteiger partial charge in [0.25, 0.3) is 17.4 Å². The van der Waals surface area contributed by atoms with E-state index in [2.05, 4.69) is 10.6 Å². The Labute approximate surface area is 163 Å². The number of benzene rings is 1. The summed E-state index contributed by atoms with van der Waals surface area (Å²) in [6, 6.07) is 9.07. The van der Waals surface area contributed by atoms with Crippen molar-refractivity contribution >= 4 is 11.8 Å². The third-order valence-corrected chi connectivity index (χ3v) is 4.68. The van der Waals surface area contributed by atoms with Crippen molar-refractivity contribution in [3.05, 3.63) is 69.1 Å².